The molecule has 2 rings (SSSR count). The summed E-state index contributed by atoms with van der Waals surface area (Å²) in [4.78, 5) is 10.6. The molecule has 6 nitrogen and oxygen atoms in total. The fourth-order valence-corrected chi connectivity index (χ4v) is 4.72. The highest BCUT2D eigenvalue weighted by Crippen LogP contribution is 2.24. The van der Waals surface area contributed by atoms with Crippen LogP contribution in [-0.2, 0) is 10.0 Å². The lowest BCUT2D eigenvalue weighted by atomic mass is 10.4. The maximum absolute atomic E-state index is 12.2. The molecule has 0 saturated carbocycles. The van der Waals surface area contributed by atoms with Crippen molar-refractivity contribution in [2.24, 2.45) is 0 Å². The number of hydrogen-bond acceptors (Lipinski definition) is 6. The molecule has 2 aromatic heterocycles. The lowest BCUT2D eigenvalue weighted by Gasteiger charge is -2.09. The second-order valence-electron chi connectivity index (χ2n) is 5.04. The summed E-state index contributed by atoms with van der Waals surface area (Å²) >= 11 is 1.48. The Morgan fingerprint density at radius 3 is 2.41 bits per heavy atom. The average Bonchev–Trinajstić information content (AvgIpc) is 2.73. The molecule has 2 N–H and O–H groups in total. The van der Waals surface area contributed by atoms with E-state index in [1.807, 2.05) is 33.8 Å². The number of aromatic nitrogens is 2. The number of thiophene rings is 1. The Labute approximate surface area is 135 Å². The monoisotopic (exact) mass is 340 g/mol. The highest BCUT2D eigenvalue weighted by Gasteiger charge is 2.18. The number of nitrogens with one attached hydrogen (secondary N) is 2. The number of sulfonamides is 1. The Hall–Kier alpha value is -1.51. The summed E-state index contributed by atoms with van der Waals surface area (Å²) in [5.74, 6) is 1.39. The Bertz CT molecular complexity index is 749. The van der Waals surface area contributed by atoms with Crippen LogP contribution in [0.4, 0.5) is 5.82 Å². The first-order valence-electron chi connectivity index (χ1n) is 6.91. The van der Waals surface area contributed by atoms with E-state index in [1.165, 1.54) is 11.3 Å². The lowest BCUT2D eigenvalue weighted by Crippen LogP contribution is -2.29. The van der Waals surface area contributed by atoms with Gasteiger partial charge in [-0.25, -0.2) is 23.1 Å². The van der Waals surface area contributed by atoms with E-state index < -0.39 is 10.0 Å². The topological polar surface area (TPSA) is 84.0 Å². The zero-order valence-electron chi connectivity index (χ0n) is 13.1. The van der Waals surface area contributed by atoms with Gasteiger partial charge in [0.05, 0.1) is 4.90 Å². The van der Waals surface area contributed by atoms with Crippen molar-refractivity contribution >= 4 is 27.2 Å². The van der Waals surface area contributed by atoms with Crippen molar-refractivity contribution < 1.29 is 8.42 Å². The number of hydrogen-bond donors (Lipinski definition) is 2. The zero-order chi connectivity index (χ0) is 16.3. The maximum Gasteiger partial charge on any atom is 0.241 e. The van der Waals surface area contributed by atoms with E-state index in [1.54, 1.807) is 6.07 Å². The fraction of sp³-hybridized carbons (Fsp3) is 0.429. The van der Waals surface area contributed by atoms with E-state index in [0.717, 1.165) is 15.4 Å². The Morgan fingerprint density at radius 1 is 1.09 bits per heavy atom. The van der Waals surface area contributed by atoms with Gasteiger partial charge in [0, 0.05) is 34.6 Å². The van der Waals surface area contributed by atoms with Crippen LogP contribution in [0.3, 0.4) is 0 Å². The standard InChI is InChI=1S/C14H20N4O2S2/c1-9-7-14(18-12(4)17-9)15-5-6-16-22(19,20)13-8-10(2)21-11(13)3/h7-8,16H,5-6H2,1-4H3,(H,15,17,18). The van der Waals surface area contributed by atoms with Gasteiger partial charge in [-0.2, -0.15) is 0 Å². The number of aryl methyl sites for hydroxylation is 4. The minimum absolute atomic E-state index is 0.290. The largest absolute Gasteiger partial charge is 0.369 e. The molecule has 0 atom stereocenters. The zero-order valence-corrected chi connectivity index (χ0v) is 14.7. The number of anilines is 1. The molecule has 0 bridgehead atoms. The van der Waals surface area contributed by atoms with Gasteiger partial charge in [-0.15, -0.1) is 11.3 Å². The summed E-state index contributed by atoms with van der Waals surface area (Å²) in [5, 5.41) is 3.09. The molecular weight excluding hydrogens is 320 g/mol. The van der Waals surface area contributed by atoms with Crippen LogP contribution in [0.2, 0.25) is 0 Å². The van der Waals surface area contributed by atoms with Crippen LogP contribution in [0.25, 0.3) is 0 Å². The van der Waals surface area contributed by atoms with E-state index in [0.29, 0.717) is 29.6 Å². The molecule has 0 aliphatic heterocycles. The van der Waals surface area contributed by atoms with Crippen molar-refractivity contribution in [2.45, 2.75) is 32.6 Å². The van der Waals surface area contributed by atoms with Gasteiger partial charge in [-0.1, -0.05) is 0 Å². The average molecular weight is 340 g/mol. The molecular formula is C14H20N4O2S2. The molecule has 8 heteroatoms. The summed E-state index contributed by atoms with van der Waals surface area (Å²) in [6.45, 7) is 8.18. The predicted octanol–water partition coefficient (Wildman–Crippen LogP) is 2.16. The Morgan fingerprint density at radius 2 is 1.82 bits per heavy atom. The molecule has 0 fully saturated rings. The third kappa shape index (κ3) is 4.25. The van der Waals surface area contributed by atoms with Crippen LogP contribution in [0.5, 0.6) is 0 Å². The number of nitrogens with zero attached hydrogens (tertiary/aromatic N) is 2. The summed E-state index contributed by atoms with van der Waals surface area (Å²) in [5.41, 5.74) is 0.875. The number of rotatable bonds is 6. The summed E-state index contributed by atoms with van der Waals surface area (Å²) in [7, 11) is -3.45. The Balaban J connectivity index is 1.92. The van der Waals surface area contributed by atoms with Crippen LogP contribution < -0.4 is 10.0 Å². The van der Waals surface area contributed by atoms with Gasteiger partial charge in [0.2, 0.25) is 10.0 Å². The van der Waals surface area contributed by atoms with E-state index in [4.69, 9.17) is 0 Å². The molecule has 22 heavy (non-hydrogen) atoms. The van der Waals surface area contributed by atoms with Crippen molar-refractivity contribution in [3.8, 4) is 0 Å². The molecule has 0 radical (unpaired) electrons. The molecule has 0 amide bonds. The van der Waals surface area contributed by atoms with Gasteiger partial charge in [0.15, 0.2) is 0 Å². The van der Waals surface area contributed by atoms with Crippen molar-refractivity contribution in [3.05, 3.63) is 33.4 Å². The second kappa shape index (κ2) is 6.72. The normalized spacial score (nSPS) is 11.6. The molecule has 120 valence electrons. The van der Waals surface area contributed by atoms with Gasteiger partial charge in [-0.05, 0) is 33.8 Å². The molecule has 0 unspecified atom stereocenters. The van der Waals surface area contributed by atoms with E-state index in [9.17, 15) is 8.42 Å². The predicted molar refractivity (Wildman–Crippen MR) is 89.0 cm³/mol. The van der Waals surface area contributed by atoms with Crippen LogP contribution in [-0.4, -0.2) is 31.5 Å². The summed E-state index contributed by atoms with van der Waals surface area (Å²) in [6, 6.07) is 3.53. The van der Waals surface area contributed by atoms with Gasteiger partial charge in [0.1, 0.15) is 11.6 Å². The SMILES string of the molecule is Cc1cc(NCCNS(=O)(=O)c2cc(C)sc2C)nc(C)n1. The third-order valence-electron chi connectivity index (χ3n) is 2.97. The van der Waals surface area contributed by atoms with Gasteiger partial charge < -0.3 is 5.32 Å². The van der Waals surface area contributed by atoms with Crippen LogP contribution in [0.15, 0.2) is 17.0 Å². The van der Waals surface area contributed by atoms with Crippen LogP contribution >= 0.6 is 11.3 Å². The quantitative estimate of drug-likeness (QED) is 0.787. The molecule has 0 saturated heterocycles. The van der Waals surface area contributed by atoms with Crippen LogP contribution in [0, 0.1) is 27.7 Å². The maximum atomic E-state index is 12.2. The molecule has 0 aliphatic carbocycles. The van der Waals surface area contributed by atoms with Gasteiger partial charge >= 0.3 is 0 Å². The molecule has 2 heterocycles. The highest BCUT2D eigenvalue weighted by molar-refractivity contribution is 7.89. The van der Waals surface area contributed by atoms with Crippen LogP contribution in [0.1, 0.15) is 21.3 Å². The van der Waals surface area contributed by atoms with E-state index in [2.05, 4.69) is 20.0 Å². The minimum Gasteiger partial charge on any atom is -0.369 e. The highest BCUT2D eigenvalue weighted by atomic mass is 32.2. The fourth-order valence-electron chi connectivity index (χ4n) is 2.14. The first-order valence-corrected chi connectivity index (χ1v) is 9.21. The lowest BCUT2D eigenvalue weighted by molar-refractivity contribution is 0.582. The van der Waals surface area contributed by atoms with Crippen molar-refractivity contribution in [1.29, 1.82) is 0 Å². The molecule has 0 aromatic carbocycles. The third-order valence-corrected chi connectivity index (χ3v) is 5.66. The molecule has 0 spiro atoms. The molecule has 2 aromatic rings. The van der Waals surface area contributed by atoms with Gasteiger partial charge in [0.25, 0.3) is 0 Å². The van der Waals surface area contributed by atoms with Gasteiger partial charge in [-0.3, -0.25) is 0 Å². The molecule has 0 aliphatic rings. The Kier molecular flexibility index (Phi) is 5.15. The second-order valence-corrected chi connectivity index (χ2v) is 8.24. The smallest absolute Gasteiger partial charge is 0.241 e. The van der Waals surface area contributed by atoms with Crippen molar-refractivity contribution in [2.75, 3.05) is 18.4 Å². The van der Waals surface area contributed by atoms with Crippen molar-refractivity contribution in [3.63, 3.8) is 0 Å². The van der Waals surface area contributed by atoms with E-state index >= 15 is 0 Å². The first kappa shape index (κ1) is 16.9. The van der Waals surface area contributed by atoms with Crippen molar-refractivity contribution in [1.82, 2.24) is 14.7 Å². The summed E-state index contributed by atoms with van der Waals surface area (Å²) in [6.07, 6.45) is 0. The summed E-state index contributed by atoms with van der Waals surface area (Å²) < 4.78 is 27.1. The first-order chi connectivity index (χ1) is 10.3. The minimum atomic E-state index is -3.45. The van der Waals surface area contributed by atoms with E-state index in [-0.39, 0.29) is 0 Å².